The van der Waals surface area contributed by atoms with Crippen molar-refractivity contribution in [2.45, 2.75) is 6.54 Å². The Bertz CT molecular complexity index is 377. The molecule has 0 aliphatic carbocycles. The number of ether oxygens (including phenoxy) is 2. The topological polar surface area (TPSA) is 50.8 Å². The maximum absolute atomic E-state index is 11.5. The second-order valence-electron chi connectivity index (χ2n) is 4.38. The van der Waals surface area contributed by atoms with Crippen LogP contribution >= 0.6 is 0 Å². The summed E-state index contributed by atoms with van der Waals surface area (Å²) in [6.07, 6.45) is 0. The number of carbonyl (C=O) groups is 1. The molecular weight excluding hydrogens is 244 g/mol. The van der Waals surface area contributed by atoms with Crippen molar-refractivity contribution in [3.05, 3.63) is 29.8 Å². The van der Waals surface area contributed by atoms with E-state index >= 15 is 0 Å². The van der Waals surface area contributed by atoms with Gasteiger partial charge in [0.2, 0.25) is 5.91 Å². The molecule has 0 radical (unpaired) electrons. The molecule has 1 amide bonds. The van der Waals surface area contributed by atoms with Crippen molar-refractivity contribution >= 4 is 11.6 Å². The lowest BCUT2D eigenvalue weighted by atomic mass is 10.2. The van der Waals surface area contributed by atoms with Crippen LogP contribution in [0.5, 0.6) is 0 Å². The number of hydrogen-bond donors (Lipinski definition) is 1. The second-order valence-corrected chi connectivity index (χ2v) is 4.38. The van der Waals surface area contributed by atoms with Gasteiger partial charge in [-0.15, -0.1) is 0 Å². The van der Waals surface area contributed by atoms with Crippen molar-refractivity contribution in [2.24, 2.45) is 0 Å². The molecule has 106 valence electrons. The molecule has 5 heteroatoms. The second kappa shape index (κ2) is 8.50. The zero-order chi connectivity index (χ0) is 14.1. The first-order valence-electron chi connectivity index (χ1n) is 6.23. The van der Waals surface area contributed by atoms with Gasteiger partial charge < -0.3 is 19.7 Å². The number of nitrogens with zero attached hydrogens (tertiary/aromatic N) is 1. The van der Waals surface area contributed by atoms with Crippen LogP contribution in [0, 0.1) is 0 Å². The van der Waals surface area contributed by atoms with Crippen molar-refractivity contribution in [3.8, 4) is 0 Å². The van der Waals surface area contributed by atoms with Crippen molar-refractivity contribution in [1.82, 2.24) is 5.32 Å². The zero-order valence-corrected chi connectivity index (χ0v) is 11.8. The Morgan fingerprint density at radius 2 is 1.89 bits per heavy atom. The number of carbonyl (C=O) groups excluding carboxylic acids is 1. The summed E-state index contributed by atoms with van der Waals surface area (Å²) in [5.74, 6) is -0.118. The number of anilines is 1. The Morgan fingerprint density at radius 1 is 1.21 bits per heavy atom. The number of hydrogen-bond acceptors (Lipinski definition) is 4. The van der Waals surface area contributed by atoms with E-state index in [1.165, 1.54) is 0 Å². The van der Waals surface area contributed by atoms with Gasteiger partial charge >= 0.3 is 0 Å². The molecule has 5 nitrogen and oxygen atoms in total. The average Bonchev–Trinajstić information content (AvgIpc) is 2.42. The fraction of sp³-hybridized carbons (Fsp3) is 0.500. The smallest absolute Gasteiger partial charge is 0.246 e. The molecule has 0 saturated heterocycles. The van der Waals surface area contributed by atoms with Crippen molar-refractivity contribution in [1.29, 1.82) is 0 Å². The fourth-order valence-corrected chi connectivity index (χ4v) is 1.47. The molecule has 1 aromatic rings. The molecule has 19 heavy (non-hydrogen) atoms. The first-order chi connectivity index (χ1) is 9.13. The van der Waals surface area contributed by atoms with E-state index in [4.69, 9.17) is 9.47 Å². The van der Waals surface area contributed by atoms with E-state index in [2.05, 4.69) is 5.32 Å². The molecule has 0 aromatic heterocycles. The van der Waals surface area contributed by atoms with E-state index < -0.39 is 0 Å². The molecule has 1 N–H and O–H groups in total. The third-order valence-electron chi connectivity index (χ3n) is 2.61. The molecule has 0 atom stereocenters. The third-order valence-corrected chi connectivity index (χ3v) is 2.61. The standard InChI is InChI=1S/C14H22N2O3/c1-16(2)13-6-4-12(5-7-13)10-15-14(17)11-19-9-8-18-3/h4-7H,8-11H2,1-3H3,(H,15,17). The van der Waals surface area contributed by atoms with Gasteiger partial charge in [0.15, 0.2) is 0 Å². The number of nitrogens with one attached hydrogen (secondary N) is 1. The Labute approximate surface area is 114 Å². The van der Waals surface area contributed by atoms with Gasteiger partial charge in [0.25, 0.3) is 0 Å². The molecule has 0 fully saturated rings. The minimum Gasteiger partial charge on any atom is -0.382 e. The SMILES string of the molecule is COCCOCC(=O)NCc1ccc(N(C)C)cc1. The summed E-state index contributed by atoms with van der Waals surface area (Å²) < 4.78 is 9.95. The van der Waals surface area contributed by atoms with Gasteiger partial charge in [-0.1, -0.05) is 12.1 Å². The van der Waals surface area contributed by atoms with Crippen LogP contribution in [-0.2, 0) is 20.8 Å². The van der Waals surface area contributed by atoms with Gasteiger partial charge in [-0.3, -0.25) is 4.79 Å². The fourth-order valence-electron chi connectivity index (χ4n) is 1.47. The van der Waals surface area contributed by atoms with E-state index in [-0.39, 0.29) is 12.5 Å². The molecular formula is C14H22N2O3. The van der Waals surface area contributed by atoms with Crippen molar-refractivity contribution in [3.63, 3.8) is 0 Å². The van der Waals surface area contributed by atoms with E-state index in [1.54, 1.807) is 7.11 Å². The van der Waals surface area contributed by atoms with E-state index in [0.29, 0.717) is 19.8 Å². The lowest BCUT2D eigenvalue weighted by molar-refractivity contribution is -0.126. The lowest BCUT2D eigenvalue weighted by Gasteiger charge is -2.13. The van der Waals surface area contributed by atoms with Gasteiger partial charge in [-0.2, -0.15) is 0 Å². The van der Waals surface area contributed by atoms with Crippen LogP contribution in [0.4, 0.5) is 5.69 Å². The number of benzene rings is 1. The van der Waals surface area contributed by atoms with Gasteiger partial charge in [-0.25, -0.2) is 0 Å². The van der Waals surface area contributed by atoms with E-state index in [1.807, 2.05) is 43.3 Å². The van der Waals surface area contributed by atoms with Crippen LogP contribution in [0.1, 0.15) is 5.56 Å². The first kappa shape index (κ1) is 15.5. The first-order valence-corrected chi connectivity index (χ1v) is 6.23. The summed E-state index contributed by atoms with van der Waals surface area (Å²) in [7, 11) is 5.59. The Balaban J connectivity index is 2.26. The highest BCUT2D eigenvalue weighted by molar-refractivity contribution is 5.77. The molecule has 0 bridgehead atoms. The van der Waals surface area contributed by atoms with Gasteiger partial charge in [0, 0.05) is 33.4 Å². The summed E-state index contributed by atoms with van der Waals surface area (Å²) in [4.78, 5) is 13.5. The number of amides is 1. The largest absolute Gasteiger partial charge is 0.382 e. The maximum Gasteiger partial charge on any atom is 0.246 e. The molecule has 0 heterocycles. The zero-order valence-electron chi connectivity index (χ0n) is 11.8. The van der Waals surface area contributed by atoms with Crippen LogP contribution in [0.25, 0.3) is 0 Å². The lowest BCUT2D eigenvalue weighted by Crippen LogP contribution is -2.27. The normalized spacial score (nSPS) is 10.3. The van der Waals surface area contributed by atoms with E-state index in [9.17, 15) is 4.79 Å². The molecule has 0 aliphatic heterocycles. The van der Waals surface area contributed by atoms with Crippen LogP contribution in [0.3, 0.4) is 0 Å². The van der Waals surface area contributed by atoms with Crippen LogP contribution < -0.4 is 10.2 Å². The quantitative estimate of drug-likeness (QED) is 0.714. The molecule has 0 unspecified atom stereocenters. The predicted octanol–water partition coefficient (Wildman–Crippen LogP) is 1.03. The number of rotatable bonds is 8. The Hall–Kier alpha value is -1.59. The summed E-state index contributed by atoms with van der Waals surface area (Å²) in [5.41, 5.74) is 2.20. The molecule has 1 aromatic carbocycles. The highest BCUT2D eigenvalue weighted by Crippen LogP contribution is 2.11. The molecule has 0 aliphatic rings. The third kappa shape index (κ3) is 6.22. The summed E-state index contributed by atoms with van der Waals surface area (Å²) in [6, 6.07) is 8.05. The molecule has 0 spiro atoms. The van der Waals surface area contributed by atoms with Gasteiger partial charge in [-0.05, 0) is 17.7 Å². The summed E-state index contributed by atoms with van der Waals surface area (Å²) in [6.45, 7) is 1.51. The monoisotopic (exact) mass is 266 g/mol. The molecule has 1 rings (SSSR count). The Kier molecular flexibility index (Phi) is 6.92. The highest BCUT2D eigenvalue weighted by atomic mass is 16.5. The minimum absolute atomic E-state index is 0.0686. The summed E-state index contributed by atoms with van der Waals surface area (Å²) >= 11 is 0. The average molecular weight is 266 g/mol. The van der Waals surface area contributed by atoms with Crippen LogP contribution in [0.2, 0.25) is 0 Å². The Morgan fingerprint density at radius 3 is 2.47 bits per heavy atom. The van der Waals surface area contributed by atoms with Crippen molar-refractivity contribution < 1.29 is 14.3 Å². The summed E-state index contributed by atoms with van der Waals surface area (Å²) in [5, 5.41) is 2.81. The van der Waals surface area contributed by atoms with Gasteiger partial charge in [0.05, 0.1) is 13.2 Å². The van der Waals surface area contributed by atoms with Crippen molar-refractivity contribution in [2.75, 3.05) is 45.9 Å². The highest BCUT2D eigenvalue weighted by Gasteiger charge is 2.02. The minimum atomic E-state index is -0.118. The van der Waals surface area contributed by atoms with Crippen LogP contribution in [0.15, 0.2) is 24.3 Å². The molecule has 0 saturated carbocycles. The van der Waals surface area contributed by atoms with Gasteiger partial charge in [0.1, 0.15) is 6.61 Å². The van der Waals surface area contributed by atoms with Crippen LogP contribution in [-0.4, -0.2) is 46.9 Å². The number of methoxy groups -OCH3 is 1. The predicted molar refractivity (Wildman–Crippen MR) is 75.3 cm³/mol. The maximum atomic E-state index is 11.5. The van der Waals surface area contributed by atoms with E-state index in [0.717, 1.165) is 11.3 Å².